The molecule has 2 N–H and O–H groups in total. The van der Waals surface area contributed by atoms with Crippen LogP contribution in [-0.2, 0) is 24.5 Å². The van der Waals surface area contributed by atoms with Crippen molar-refractivity contribution < 1.29 is 14.3 Å². The van der Waals surface area contributed by atoms with Crippen molar-refractivity contribution in [2.24, 2.45) is 0 Å². The van der Waals surface area contributed by atoms with Crippen LogP contribution in [0.4, 0.5) is 5.69 Å². The number of carbonyl (C=O) groups is 2. The maximum Gasteiger partial charge on any atom is 0.265 e. The summed E-state index contributed by atoms with van der Waals surface area (Å²) in [7, 11) is 0. The van der Waals surface area contributed by atoms with E-state index >= 15 is 0 Å². The normalized spacial score (nSPS) is 10.5. The summed E-state index contributed by atoms with van der Waals surface area (Å²) in [5, 5.41) is 7.61. The number of amides is 2. The molecule has 0 fully saturated rings. The van der Waals surface area contributed by atoms with E-state index in [0.717, 1.165) is 16.7 Å². The molecule has 6 heteroatoms. The molecule has 0 saturated heterocycles. The molecule has 0 spiro atoms. The SMILES string of the molecule is O=C(NCc1ccc(COCc2ccccc2)cc1)c1ccc(NC(=O)c2cccs2)cc1. The molecule has 0 atom stereocenters. The van der Waals surface area contributed by atoms with Gasteiger partial charge in [-0.05, 0) is 52.4 Å². The van der Waals surface area contributed by atoms with Gasteiger partial charge in [-0.3, -0.25) is 9.59 Å². The number of hydrogen-bond donors (Lipinski definition) is 2. The lowest BCUT2D eigenvalue weighted by molar-refractivity contribution is 0.0950. The van der Waals surface area contributed by atoms with E-state index in [2.05, 4.69) is 10.6 Å². The van der Waals surface area contributed by atoms with Gasteiger partial charge in [0.1, 0.15) is 0 Å². The number of benzene rings is 3. The molecule has 0 saturated carbocycles. The van der Waals surface area contributed by atoms with Crippen molar-refractivity contribution in [3.8, 4) is 0 Å². The third kappa shape index (κ3) is 6.62. The van der Waals surface area contributed by atoms with Crippen molar-refractivity contribution in [2.45, 2.75) is 19.8 Å². The Morgan fingerprint density at radius 2 is 1.36 bits per heavy atom. The average Bonchev–Trinajstić information content (AvgIpc) is 3.40. The zero-order valence-corrected chi connectivity index (χ0v) is 18.8. The number of nitrogens with one attached hydrogen (secondary N) is 2. The molecule has 4 rings (SSSR count). The first-order valence-electron chi connectivity index (χ1n) is 10.6. The van der Waals surface area contributed by atoms with Gasteiger partial charge in [0, 0.05) is 17.8 Å². The third-order valence-electron chi connectivity index (χ3n) is 5.01. The van der Waals surface area contributed by atoms with Crippen molar-refractivity contribution in [3.63, 3.8) is 0 Å². The van der Waals surface area contributed by atoms with Crippen LogP contribution in [0.2, 0.25) is 0 Å². The number of hydrogen-bond acceptors (Lipinski definition) is 4. The molecule has 0 aliphatic heterocycles. The Bertz CT molecular complexity index is 1170. The van der Waals surface area contributed by atoms with E-state index in [1.54, 1.807) is 30.3 Å². The first-order chi connectivity index (χ1) is 16.2. The molecular formula is C27H24N2O3S. The van der Waals surface area contributed by atoms with Gasteiger partial charge >= 0.3 is 0 Å². The molecule has 3 aromatic carbocycles. The van der Waals surface area contributed by atoms with E-state index < -0.39 is 0 Å². The van der Waals surface area contributed by atoms with Gasteiger partial charge in [0.2, 0.25) is 0 Å². The van der Waals surface area contributed by atoms with Crippen molar-refractivity contribution in [3.05, 3.63) is 124 Å². The molecule has 0 radical (unpaired) electrons. The first-order valence-corrected chi connectivity index (χ1v) is 11.5. The van der Waals surface area contributed by atoms with E-state index in [9.17, 15) is 9.59 Å². The smallest absolute Gasteiger partial charge is 0.265 e. The summed E-state index contributed by atoms with van der Waals surface area (Å²) in [6.07, 6.45) is 0. The molecule has 0 aliphatic rings. The quantitative estimate of drug-likeness (QED) is 0.342. The molecule has 0 unspecified atom stereocenters. The molecule has 4 aromatic rings. The predicted octanol–water partition coefficient (Wildman–Crippen LogP) is 5.65. The van der Waals surface area contributed by atoms with Gasteiger partial charge in [0.25, 0.3) is 11.8 Å². The Morgan fingerprint density at radius 3 is 2.03 bits per heavy atom. The van der Waals surface area contributed by atoms with Gasteiger partial charge in [0.05, 0.1) is 18.1 Å². The fourth-order valence-electron chi connectivity index (χ4n) is 3.20. The van der Waals surface area contributed by atoms with Crippen molar-refractivity contribution in [1.82, 2.24) is 5.32 Å². The van der Waals surface area contributed by atoms with Gasteiger partial charge in [-0.25, -0.2) is 0 Å². The van der Waals surface area contributed by atoms with Crippen LogP contribution in [0.25, 0.3) is 0 Å². The van der Waals surface area contributed by atoms with E-state index in [1.807, 2.05) is 66.0 Å². The summed E-state index contributed by atoms with van der Waals surface area (Å²) >= 11 is 1.38. The zero-order chi connectivity index (χ0) is 22.9. The summed E-state index contributed by atoms with van der Waals surface area (Å²) in [5.41, 5.74) is 4.43. The largest absolute Gasteiger partial charge is 0.372 e. The van der Waals surface area contributed by atoms with Crippen molar-refractivity contribution in [2.75, 3.05) is 5.32 Å². The second-order valence-corrected chi connectivity index (χ2v) is 8.43. The molecule has 1 heterocycles. The van der Waals surface area contributed by atoms with Gasteiger partial charge < -0.3 is 15.4 Å². The summed E-state index contributed by atoms with van der Waals surface area (Å²) in [6, 6.07) is 28.5. The highest BCUT2D eigenvalue weighted by Gasteiger charge is 2.09. The third-order valence-corrected chi connectivity index (χ3v) is 5.87. The number of anilines is 1. The number of ether oxygens (including phenoxy) is 1. The van der Waals surface area contributed by atoms with Crippen LogP contribution in [-0.4, -0.2) is 11.8 Å². The molecular weight excluding hydrogens is 432 g/mol. The lowest BCUT2D eigenvalue weighted by Gasteiger charge is -2.09. The monoisotopic (exact) mass is 456 g/mol. The molecule has 166 valence electrons. The van der Waals surface area contributed by atoms with Crippen LogP contribution in [0.5, 0.6) is 0 Å². The minimum absolute atomic E-state index is 0.156. The minimum Gasteiger partial charge on any atom is -0.372 e. The maximum absolute atomic E-state index is 12.5. The molecule has 5 nitrogen and oxygen atoms in total. The van der Waals surface area contributed by atoms with Crippen LogP contribution in [0.15, 0.2) is 96.4 Å². The Labute approximate surface area is 197 Å². The topological polar surface area (TPSA) is 67.4 Å². The Kier molecular flexibility index (Phi) is 7.64. The Morgan fingerprint density at radius 1 is 0.697 bits per heavy atom. The van der Waals surface area contributed by atoms with E-state index in [1.165, 1.54) is 11.3 Å². The zero-order valence-electron chi connectivity index (χ0n) is 18.0. The highest BCUT2D eigenvalue weighted by atomic mass is 32.1. The lowest BCUT2D eigenvalue weighted by atomic mass is 10.1. The second kappa shape index (κ2) is 11.2. The van der Waals surface area contributed by atoms with Crippen LogP contribution < -0.4 is 10.6 Å². The standard InChI is InChI=1S/C27H24N2O3S/c30-26(23-12-14-24(15-13-23)29-27(31)25-7-4-16-33-25)28-17-20-8-10-22(11-9-20)19-32-18-21-5-2-1-3-6-21/h1-16H,17-19H2,(H,28,30)(H,29,31). The van der Waals surface area contributed by atoms with Gasteiger partial charge in [-0.1, -0.05) is 60.7 Å². The molecule has 0 bridgehead atoms. The molecule has 1 aromatic heterocycles. The number of rotatable bonds is 9. The molecule has 0 aliphatic carbocycles. The highest BCUT2D eigenvalue weighted by molar-refractivity contribution is 7.12. The number of thiophene rings is 1. The first kappa shape index (κ1) is 22.5. The number of carbonyl (C=O) groups excluding carboxylic acids is 2. The fourth-order valence-corrected chi connectivity index (χ4v) is 3.82. The minimum atomic E-state index is -0.165. The Hall–Kier alpha value is -3.74. The van der Waals surface area contributed by atoms with Crippen LogP contribution in [0, 0.1) is 0 Å². The van der Waals surface area contributed by atoms with E-state index in [0.29, 0.717) is 35.9 Å². The fraction of sp³-hybridized carbons (Fsp3) is 0.111. The van der Waals surface area contributed by atoms with E-state index in [-0.39, 0.29) is 11.8 Å². The summed E-state index contributed by atoms with van der Waals surface area (Å²) in [5.74, 6) is -0.322. The average molecular weight is 457 g/mol. The van der Waals surface area contributed by atoms with Crippen molar-refractivity contribution >= 4 is 28.8 Å². The molecule has 33 heavy (non-hydrogen) atoms. The van der Waals surface area contributed by atoms with Crippen LogP contribution in [0.1, 0.15) is 36.7 Å². The van der Waals surface area contributed by atoms with Crippen LogP contribution >= 0.6 is 11.3 Å². The Balaban J connectivity index is 1.22. The van der Waals surface area contributed by atoms with Crippen molar-refractivity contribution in [1.29, 1.82) is 0 Å². The highest BCUT2D eigenvalue weighted by Crippen LogP contribution is 2.15. The van der Waals surface area contributed by atoms with Gasteiger partial charge in [-0.2, -0.15) is 0 Å². The van der Waals surface area contributed by atoms with Gasteiger partial charge in [0.15, 0.2) is 0 Å². The summed E-state index contributed by atoms with van der Waals surface area (Å²) < 4.78 is 5.76. The van der Waals surface area contributed by atoms with Crippen LogP contribution in [0.3, 0.4) is 0 Å². The maximum atomic E-state index is 12.5. The van der Waals surface area contributed by atoms with E-state index in [4.69, 9.17) is 4.74 Å². The predicted molar refractivity (Wildman–Crippen MR) is 131 cm³/mol. The summed E-state index contributed by atoms with van der Waals surface area (Å²) in [4.78, 5) is 25.2. The summed E-state index contributed by atoms with van der Waals surface area (Å²) in [6.45, 7) is 1.55. The second-order valence-electron chi connectivity index (χ2n) is 7.49. The molecule has 2 amide bonds. The lowest BCUT2D eigenvalue weighted by Crippen LogP contribution is -2.22. The van der Waals surface area contributed by atoms with Gasteiger partial charge in [-0.15, -0.1) is 11.3 Å².